The maximum atomic E-state index is 13.4. The Hall–Kier alpha value is -1.95. The Bertz CT molecular complexity index is 822. The highest BCUT2D eigenvalue weighted by molar-refractivity contribution is 9.10. The molecule has 2 heterocycles. The summed E-state index contributed by atoms with van der Waals surface area (Å²) in [7, 11) is 0. The highest BCUT2D eigenvalue weighted by Gasteiger charge is 2.54. The summed E-state index contributed by atoms with van der Waals surface area (Å²) in [4.78, 5) is 19.1. The third kappa shape index (κ3) is 2.59. The normalized spacial score (nSPS) is 18.4. The van der Waals surface area contributed by atoms with Gasteiger partial charge in [-0.3, -0.25) is 9.88 Å². The monoisotopic (exact) mass is 389 g/mol. The number of amides is 2. The summed E-state index contributed by atoms with van der Waals surface area (Å²) in [5.74, 6) is -0.301. The van der Waals surface area contributed by atoms with E-state index >= 15 is 0 Å². The first-order valence-corrected chi connectivity index (χ1v) is 8.77. The van der Waals surface area contributed by atoms with E-state index in [9.17, 15) is 9.18 Å². The average molecular weight is 390 g/mol. The molecule has 24 heavy (non-hydrogen) atoms. The van der Waals surface area contributed by atoms with Crippen molar-refractivity contribution in [2.75, 3.05) is 11.4 Å². The largest absolute Gasteiger partial charge is 0.331 e. The Balaban J connectivity index is 1.57. The zero-order chi connectivity index (χ0) is 16.9. The maximum Gasteiger partial charge on any atom is 0.322 e. The number of halogens is 2. The molecule has 1 aliphatic heterocycles. The van der Waals surface area contributed by atoms with Gasteiger partial charge in [0.2, 0.25) is 0 Å². The van der Waals surface area contributed by atoms with E-state index < -0.39 is 0 Å². The van der Waals surface area contributed by atoms with E-state index in [2.05, 4.69) is 26.2 Å². The molecule has 1 spiro atoms. The van der Waals surface area contributed by atoms with Crippen LogP contribution in [0.5, 0.6) is 0 Å². The molecule has 1 saturated carbocycles. The number of urea groups is 1. The van der Waals surface area contributed by atoms with Crippen LogP contribution in [0.1, 0.15) is 37.1 Å². The third-order valence-electron chi connectivity index (χ3n) is 4.88. The van der Waals surface area contributed by atoms with E-state index in [4.69, 9.17) is 0 Å². The van der Waals surface area contributed by atoms with Gasteiger partial charge in [0.25, 0.3) is 0 Å². The van der Waals surface area contributed by atoms with Crippen molar-refractivity contribution in [1.29, 1.82) is 0 Å². The van der Waals surface area contributed by atoms with Gasteiger partial charge in [0, 0.05) is 22.6 Å². The smallest absolute Gasteiger partial charge is 0.322 e. The molecule has 0 saturated heterocycles. The first-order valence-electron chi connectivity index (χ1n) is 7.98. The Kier molecular flexibility index (Phi) is 3.60. The van der Waals surface area contributed by atoms with Gasteiger partial charge in [0.05, 0.1) is 17.4 Å². The molecule has 2 aromatic rings. The van der Waals surface area contributed by atoms with Gasteiger partial charge in [0.1, 0.15) is 5.82 Å². The number of nitrogens with one attached hydrogen (secondary N) is 1. The average Bonchev–Trinajstić information content (AvgIpc) is 3.25. The minimum atomic E-state index is -0.301. The molecule has 1 fully saturated rings. The summed E-state index contributed by atoms with van der Waals surface area (Å²) in [6.45, 7) is 2.52. The number of fused-ring (bicyclic) bond motifs is 2. The number of rotatable bonds is 2. The minimum Gasteiger partial charge on any atom is -0.331 e. The fraction of sp³-hybridized carbons (Fsp3) is 0.333. The first-order chi connectivity index (χ1) is 11.5. The Morgan fingerprint density at radius 3 is 2.92 bits per heavy atom. The molecule has 0 bridgehead atoms. The molecule has 2 amide bonds. The van der Waals surface area contributed by atoms with Crippen LogP contribution in [0.4, 0.5) is 14.9 Å². The molecular formula is C18H17BrFN3O. The lowest BCUT2D eigenvalue weighted by molar-refractivity contribution is 0.243. The molecule has 6 heteroatoms. The number of carbonyl (C=O) groups excluding carboxylic acids is 1. The number of benzene rings is 1. The number of anilines is 1. The maximum absolute atomic E-state index is 13.4. The van der Waals surface area contributed by atoms with Crippen LogP contribution in [0, 0.1) is 5.82 Å². The lowest BCUT2D eigenvalue weighted by atomic mass is 10.1. The first kappa shape index (κ1) is 15.6. The number of nitrogens with zero attached hydrogens (tertiary/aromatic N) is 2. The van der Waals surface area contributed by atoms with Crippen molar-refractivity contribution < 1.29 is 9.18 Å². The topological polar surface area (TPSA) is 45.2 Å². The van der Waals surface area contributed by atoms with Crippen molar-refractivity contribution in [3.8, 4) is 0 Å². The Morgan fingerprint density at radius 2 is 2.21 bits per heavy atom. The Labute approximate surface area is 148 Å². The van der Waals surface area contributed by atoms with E-state index in [0.717, 1.165) is 34.3 Å². The lowest BCUT2D eigenvalue weighted by Crippen LogP contribution is -2.41. The molecule has 4 nitrogen and oxygen atoms in total. The standard InChI is InChI=1S/C18H17BrFN3O/c1-11(12-3-2-4-14(20)7-12)22-17(24)23-10-18(5-6-18)16-15(23)8-13(19)9-21-16/h2-4,7-9,11H,5-6,10H2,1H3,(H,22,24)/t11-/m0/s1. The molecule has 1 aliphatic carbocycles. The van der Waals surface area contributed by atoms with Crippen LogP contribution in [0.25, 0.3) is 0 Å². The fourth-order valence-electron chi connectivity index (χ4n) is 3.36. The van der Waals surface area contributed by atoms with Gasteiger partial charge in [-0.05, 0) is 59.5 Å². The van der Waals surface area contributed by atoms with E-state index in [1.807, 2.05) is 19.1 Å². The van der Waals surface area contributed by atoms with Crippen LogP contribution >= 0.6 is 15.9 Å². The molecule has 4 rings (SSSR count). The van der Waals surface area contributed by atoms with Crippen molar-refractivity contribution in [3.63, 3.8) is 0 Å². The molecule has 1 atom stereocenters. The van der Waals surface area contributed by atoms with Crippen molar-refractivity contribution in [2.45, 2.75) is 31.2 Å². The van der Waals surface area contributed by atoms with Crippen LogP contribution in [-0.4, -0.2) is 17.6 Å². The van der Waals surface area contributed by atoms with E-state index in [-0.39, 0.29) is 23.3 Å². The SMILES string of the molecule is C[C@H](NC(=O)N1CC2(CC2)c2ncc(Br)cc21)c1cccc(F)c1. The van der Waals surface area contributed by atoms with Gasteiger partial charge < -0.3 is 5.32 Å². The zero-order valence-electron chi connectivity index (χ0n) is 13.2. The highest BCUT2D eigenvalue weighted by Crippen LogP contribution is 2.55. The summed E-state index contributed by atoms with van der Waals surface area (Å²) >= 11 is 3.43. The van der Waals surface area contributed by atoms with Crippen LogP contribution in [0.2, 0.25) is 0 Å². The molecule has 124 valence electrons. The molecule has 1 aromatic heterocycles. The molecule has 1 N–H and O–H groups in total. The number of aromatic nitrogens is 1. The van der Waals surface area contributed by atoms with Gasteiger partial charge in [-0.15, -0.1) is 0 Å². The van der Waals surface area contributed by atoms with Gasteiger partial charge in [-0.25, -0.2) is 9.18 Å². The second kappa shape index (κ2) is 5.55. The summed E-state index contributed by atoms with van der Waals surface area (Å²) in [6.07, 6.45) is 3.92. The molecule has 2 aliphatic rings. The van der Waals surface area contributed by atoms with E-state index in [1.165, 1.54) is 12.1 Å². The molecular weight excluding hydrogens is 373 g/mol. The molecule has 0 unspecified atom stereocenters. The van der Waals surface area contributed by atoms with E-state index in [0.29, 0.717) is 6.54 Å². The van der Waals surface area contributed by atoms with Crippen molar-refractivity contribution >= 4 is 27.6 Å². The quantitative estimate of drug-likeness (QED) is 0.831. The fourth-order valence-corrected chi connectivity index (χ4v) is 3.67. The Morgan fingerprint density at radius 1 is 1.42 bits per heavy atom. The van der Waals surface area contributed by atoms with Crippen LogP contribution in [0.3, 0.4) is 0 Å². The van der Waals surface area contributed by atoms with Crippen molar-refractivity contribution in [3.05, 3.63) is 58.1 Å². The van der Waals surface area contributed by atoms with E-state index in [1.54, 1.807) is 17.2 Å². The van der Waals surface area contributed by atoms with Gasteiger partial charge in [-0.2, -0.15) is 0 Å². The molecule has 0 radical (unpaired) electrons. The number of pyridine rings is 1. The zero-order valence-corrected chi connectivity index (χ0v) is 14.8. The van der Waals surface area contributed by atoms with Crippen LogP contribution in [0.15, 0.2) is 41.0 Å². The highest BCUT2D eigenvalue weighted by atomic mass is 79.9. The van der Waals surface area contributed by atoms with Crippen molar-refractivity contribution in [2.24, 2.45) is 0 Å². The predicted molar refractivity (Wildman–Crippen MR) is 93.5 cm³/mol. The summed E-state index contributed by atoms with van der Waals surface area (Å²) in [5.41, 5.74) is 2.66. The van der Waals surface area contributed by atoms with Gasteiger partial charge >= 0.3 is 6.03 Å². The summed E-state index contributed by atoms with van der Waals surface area (Å²) in [5, 5.41) is 2.97. The number of hydrogen-bond acceptors (Lipinski definition) is 2. The van der Waals surface area contributed by atoms with Gasteiger partial charge in [0.15, 0.2) is 0 Å². The van der Waals surface area contributed by atoms with Crippen LogP contribution in [-0.2, 0) is 5.41 Å². The second-order valence-electron chi connectivity index (χ2n) is 6.61. The lowest BCUT2D eigenvalue weighted by Gasteiger charge is -2.22. The second-order valence-corrected chi connectivity index (χ2v) is 7.53. The number of hydrogen-bond donors (Lipinski definition) is 1. The van der Waals surface area contributed by atoms with Gasteiger partial charge in [-0.1, -0.05) is 12.1 Å². The number of carbonyl (C=O) groups is 1. The molecule has 1 aromatic carbocycles. The third-order valence-corrected chi connectivity index (χ3v) is 5.31. The van der Waals surface area contributed by atoms with Crippen molar-refractivity contribution in [1.82, 2.24) is 10.3 Å². The summed E-state index contributed by atoms with van der Waals surface area (Å²) < 4.78 is 14.2. The summed E-state index contributed by atoms with van der Waals surface area (Å²) in [6, 6.07) is 7.81. The van der Waals surface area contributed by atoms with Crippen LogP contribution < -0.4 is 10.2 Å². The minimum absolute atomic E-state index is 0.0372. The predicted octanol–water partition coefficient (Wildman–Crippen LogP) is 4.31.